The molecule has 3 nitrogen and oxygen atoms in total. The largest absolute Gasteiger partial charge is 0.351 e. The molecule has 1 aliphatic carbocycles. The Labute approximate surface area is 130 Å². The van der Waals surface area contributed by atoms with E-state index in [1.807, 2.05) is 0 Å². The zero-order chi connectivity index (χ0) is 15.1. The van der Waals surface area contributed by atoms with Crippen LogP contribution in [0.15, 0.2) is 0 Å². The van der Waals surface area contributed by atoms with Crippen molar-refractivity contribution in [1.29, 1.82) is 5.26 Å². The average Bonchev–Trinajstić information content (AvgIpc) is 2.55. The first-order valence-electron chi connectivity index (χ1n) is 8.88. The van der Waals surface area contributed by atoms with Crippen LogP contribution < -0.4 is 0 Å². The van der Waals surface area contributed by atoms with E-state index in [9.17, 15) is 5.26 Å². The fourth-order valence-corrected chi connectivity index (χ4v) is 3.81. The Morgan fingerprint density at radius 2 is 1.67 bits per heavy atom. The average molecular weight is 293 g/mol. The maximum atomic E-state index is 9.71. The lowest BCUT2D eigenvalue weighted by Crippen LogP contribution is -2.45. The van der Waals surface area contributed by atoms with Crippen LogP contribution >= 0.6 is 0 Å². The van der Waals surface area contributed by atoms with Crippen LogP contribution in [0.25, 0.3) is 0 Å². The summed E-state index contributed by atoms with van der Waals surface area (Å²) >= 11 is 0. The molecule has 1 saturated heterocycles. The molecule has 120 valence electrons. The summed E-state index contributed by atoms with van der Waals surface area (Å²) in [5.74, 6) is 1.32. The Balaban J connectivity index is 1.84. The van der Waals surface area contributed by atoms with Gasteiger partial charge in [-0.3, -0.25) is 0 Å². The van der Waals surface area contributed by atoms with Crippen LogP contribution in [-0.4, -0.2) is 19.5 Å². The van der Waals surface area contributed by atoms with Crippen molar-refractivity contribution in [2.24, 2.45) is 17.3 Å². The summed E-state index contributed by atoms with van der Waals surface area (Å²) in [6.45, 7) is 6.00. The molecule has 21 heavy (non-hydrogen) atoms. The Morgan fingerprint density at radius 1 is 1.00 bits per heavy atom. The summed E-state index contributed by atoms with van der Waals surface area (Å²) in [4.78, 5) is 0. The Bertz CT molecular complexity index is 334. The SMILES string of the molecule is CCCCC1COC([C@]2(C#N)CC[C@@H](CCC)CC2)OC1. The van der Waals surface area contributed by atoms with Crippen LogP contribution in [0.1, 0.15) is 71.6 Å². The molecule has 3 heteroatoms. The van der Waals surface area contributed by atoms with E-state index in [0.717, 1.165) is 44.8 Å². The predicted molar refractivity (Wildman–Crippen MR) is 83.6 cm³/mol. The molecule has 0 amide bonds. The molecule has 0 aromatic carbocycles. The van der Waals surface area contributed by atoms with Crippen molar-refractivity contribution in [3.63, 3.8) is 0 Å². The third-order valence-electron chi connectivity index (χ3n) is 5.30. The number of nitrogens with zero attached hydrogens (tertiary/aromatic N) is 1. The molecule has 0 aromatic rings. The van der Waals surface area contributed by atoms with E-state index in [0.29, 0.717) is 5.92 Å². The van der Waals surface area contributed by atoms with Gasteiger partial charge in [-0.15, -0.1) is 0 Å². The first kappa shape index (κ1) is 16.8. The van der Waals surface area contributed by atoms with Gasteiger partial charge in [0.1, 0.15) is 5.41 Å². The van der Waals surface area contributed by atoms with Crippen LogP contribution in [0.2, 0.25) is 0 Å². The molecule has 1 saturated carbocycles. The van der Waals surface area contributed by atoms with Crippen molar-refractivity contribution in [2.75, 3.05) is 13.2 Å². The van der Waals surface area contributed by atoms with Gasteiger partial charge in [0, 0.05) is 5.92 Å². The molecule has 0 spiro atoms. The molecule has 2 rings (SSSR count). The summed E-state index contributed by atoms with van der Waals surface area (Å²) in [6, 6.07) is 2.56. The fourth-order valence-electron chi connectivity index (χ4n) is 3.81. The smallest absolute Gasteiger partial charge is 0.176 e. The number of rotatable bonds is 6. The third-order valence-corrected chi connectivity index (χ3v) is 5.30. The van der Waals surface area contributed by atoms with E-state index < -0.39 is 0 Å². The lowest BCUT2D eigenvalue weighted by Gasteiger charge is -2.42. The van der Waals surface area contributed by atoms with E-state index in [-0.39, 0.29) is 11.7 Å². The number of hydrogen-bond donors (Lipinski definition) is 0. The highest BCUT2D eigenvalue weighted by molar-refractivity contribution is 5.04. The van der Waals surface area contributed by atoms with Crippen molar-refractivity contribution < 1.29 is 9.47 Å². The van der Waals surface area contributed by atoms with Crippen molar-refractivity contribution >= 4 is 0 Å². The van der Waals surface area contributed by atoms with E-state index in [2.05, 4.69) is 19.9 Å². The maximum Gasteiger partial charge on any atom is 0.176 e. The number of unbranched alkanes of at least 4 members (excludes halogenated alkanes) is 1. The minimum absolute atomic E-state index is 0.289. The van der Waals surface area contributed by atoms with E-state index in [1.54, 1.807) is 0 Å². The molecule has 0 unspecified atom stereocenters. The molecule has 2 fully saturated rings. The first-order valence-corrected chi connectivity index (χ1v) is 8.88. The van der Waals surface area contributed by atoms with Gasteiger partial charge in [0.05, 0.1) is 19.3 Å². The van der Waals surface area contributed by atoms with E-state index in [1.165, 1.54) is 32.1 Å². The second-order valence-corrected chi connectivity index (χ2v) is 7.01. The van der Waals surface area contributed by atoms with Gasteiger partial charge < -0.3 is 9.47 Å². The Kier molecular flexibility index (Phi) is 6.51. The van der Waals surface area contributed by atoms with Crippen molar-refractivity contribution in [3.8, 4) is 6.07 Å². The normalized spacial score (nSPS) is 37.1. The topological polar surface area (TPSA) is 42.2 Å². The van der Waals surface area contributed by atoms with Crippen molar-refractivity contribution in [1.82, 2.24) is 0 Å². The Morgan fingerprint density at radius 3 is 2.19 bits per heavy atom. The summed E-state index contributed by atoms with van der Waals surface area (Å²) in [5, 5.41) is 9.71. The second kappa shape index (κ2) is 8.15. The molecule has 0 atom stereocenters. The number of hydrogen-bond acceptors (Lipinski definition) is 3. The maximum absolute atomic E-state index is 9.71. The van der Waals surface area contributed by atoms with Crippen molar-refractivity contribution in [3.05, 3.63) is 0 Å². The van der Waals surface area contributed by atoms with Gasteiger partial charge in [0.2, 0.25) is 0 Å². The predicted octanol–water partition coefficient (Wildman–Crippen LogP) is 4.67. The van der Waals surface area contributed by atoms with Gasteiger partial charge in [-0.05, 0) is 38.0 Å². The highest BCUT2D eigenvalue weighted by Gasteiger charge is 2.45. The van der Waals surface area contributed by atoms with E-state index >= 15 is 0 Å². The molecular formula is C18H31NO2. The summed E-state index contributed by atoms with van der Waals surface area (Å²) < 4.78 is 11.9. The van der Waals surface area contributed by atoms with Gasteiger partial charge >= 0.3 is 0 Å². The summed E-state index contributed by atoms with van der Waals surface area (Å²) in [7, 11) is 0. The van der Waals surface area contributed by atoms with Crippen LogP contribution in [0.3, 0.4) is 0 Å². The molecule has 2 aliphatic rings. The monoisotopic (exact) mass is 293 g/mol. The molecule has 0 bridgehead atoms. The summed E-state index contributed by atoms with van der Waals surface area (Å²) in [5.41, 5.74) is -0.389. The third kappa shape index (κ3) is 4.20. The molecule has 0 aromatic heterocycles. The van der Waals surface area contributed by atoms with Gasteiger partial charge in [0.15, 0.2) is 6.29 Å². The molecule has 0 N–H and O–H groups in total. The van der Waals surface area contributed by atoms with Gasteiger partial charge in [0.25, 0.3) is 0 Å². The van der Waals surface area contributed by atoms with Crippen LogP contribution in [0.4, 0.5) is 0 Å². The molecular weight excluding hydrogens is 262 g/mol. The standard InChI is InChI=1S/C18H31NO2/c1-3-5-7-16-12-20-17(21-13-16)18(14-19)10-8-15(6-4-2)9-11-18/h15-17H,3-13H2,1-2H3/t15-,16?,17?,18-. The zero-order valence-electron chi connectivity index (χ0n) is 13.8. The highest BCUT2D eigenvalue weighted by atomic mass is 16.7. The fraction of sp³-hybridized carbons (Fsp3) is 0.944. The second-order valence-electron chi connectivity index (χ2n) is 7.01. The molecule has 1 aliphatic heterocycles. The summed E-state index contributed by atoms with van der Waals surface area (Å²) in [6.07, 6.45) is 10.1. The first-order chi connectivity index (χ1) is 10.2. The van der Waals surface area contributed by atoms with Crippen LogP contribution in [0.5, 0.6) is 0 Å². The van der Waals surface area contributed by atoms with Crippen LogP contribution in [-0.2, 0) is 9.47 Å². The minimum atomic E-state index is -0.389. The lowest BCUT2D eigenvalue weighted by atomic mass is 9.69. The molecule has 0 radical (unpaired) electrons. The van der Waals surface area contributed by atoms with Crippen LogP contribution in [0, 0.1) is 28.6 Å². The van der Waals surface area contributed by atoms with Crippen molar-refractivity contribution in [2.45, 2.75) is 77.9 Å². The van der Waals surface area contributed by atoms with Gasteiger partial charge in [-0.2, -0.15) is 5.26 Å². The number of nitriles is 1. The number of ether oxygens (including phenoxy) is 2. The quantitative estimate of drug-likeness (QED) is 0.715. The van der Waals surface area contributed by atoms with E-state index in [4.69, 9.17) is 9.47 Å². The molecule has 1 heterocycles. The van der Waals surface area contributed by atoms with Gasteiger partial charge in [-0.1, -0.05) is 39.5 Å². The Hall–Kier alpha value is -0.590. The lowest BCUT2D eigenvalue weighted by molar-refractivity contribution is -0.247. The van der Waals surface area contributed by atoms with Gasteiger partial charge in [-0.25, -0.2) is 0 Å². The highest BCUT2D eigenvalue weighted by Crippen LogP contribution is 2.45. The minimum Gasteiger partial charge on any atom is -0.351 e. The zero-order valence-corrected chi connectivity index (χ0v) is 13.8.